The second-order valence-corrected chi connectivity index (χ2v) is 13.0. The number of rotatable bonds is 11. The maximum absolute atomic E-state index is 14.2. The van der Waals surface area contributed by atoms with Crippen LogP contribution in [0.4, 0.5) is 39.9 Å². The molecule has 0 radical (unpaired) electrons. The standard InChI is InChI=1S/C33H27ClF8N6O8/c1-46-27(25(32(37,38)39)26(45-46)31(35,36)33(40,41)42)48-14-18(13-44-48)17-2-7-22(34)21(12-17)28(52)47(30(15-43)10-11-30)16-54-29(53)56-20-5-3-19(4-6-20)55-24(51)9-8-23(49)50/h2,7-9,12-14,19-20H,3-6,10-11,16H2,1H3,(H,49,50)/b9-8+/t19-,20-. The van der Waals surface area contributed by atoms with E-state index in [1.807, 2.05) is 6.07 Å². The molecule has 0 aliphatic heterocycles. The first kappa shape index (κ1) is 41.4. The topological polar surface area (TPSA) is 179 Å². The summed E-state index contributed by atoms with van der Waals surface area (Å²) < 4.78 is 126. The fraction of sp³-hybridized carbons (Fsp3) is 0.424. The Morgan fingerprint density at radius 3 is 2.20 bits per heavy atom. The minimum Gasteiger partial charge on any atom is -0.478 e. The molecule has 14 nitrogen and oxygen atoms in total. The summed E-state index contributed by atoms with van der Waals surface area (Å²) in [5.41, 5.74) is -6.65. The lowest BCUT2D eigenvalue weighted by molar-refractivity contribution is -0.292. The highest BCUT2D eigenvalue weighted by atomic mass is 35.5. The number of ether oxygens (including phenoxy) is 3. The van der Waals surface area contributed by atoms with E-state index in [1.54, 1.807) is 0 Å². The van der Waals surface area contributed by atoms with E-state index in [1.165, 1.54) is 12.1 Å². The SMILES string of the molecule is Cn1nc(C(F)(F)C(F)(F)F)c(C(F)(F)F)c1-n1cc(-c2ccc(Cl)c(C(=O)N(COC(=O)O[C@H]3CC[C@H](OC(=O)/C=C/C(=O)O)CC3)C3(C#N)CC3)c2)cn1. The Balaban J connectivity index is 1.32. The van der Waals surface area contributed by atoms with E-state index >= 15 is 0 Å². The van der Waals surface area contributed by atoms with Gasteiger partial charge < -0.3 is 19.3 Å². The molecule has 0 spiro atoms. The lowest BCUT2D eigenvalue weighted by Gasteiger charge is -2.29. The highest BCUT2D eigenvalue weighted by Crippen LogP contribution is 2.49. The van der Waals surface area contributed by atoms with Gasteiger partial charge in [-0.15, -0.1) is 0 Å². The van der Waals surface area contributed by atoms with Crippen LogP contribution in [0.25, 0.3) is 16.9 Å². The number of halogens is 9. The van der Waals surface area contributed by atoms with Crippen LogP contribution in [0, 0.1) is 11.3 Å². The largest absolute Gasteiger partial charge is 0.510 e. The number of aromatic nitrogens is 4. The van der Waals surface area contributed by atoms with E-state index in [-0.39, 0.29) is 64.9 Å². The van der Waals surface area contributed by atoms with Crippen molar-refractivity contribution < 1.29 is 73.6 Å². The molecule has 2 aromatic heterocycles. The maximum Gasteiger partial charge on any atom is 0.510 e. The van der Waals surface area contributed by atoms with Crippen molar-refractivity contribution >= 4 is 35.6 Å². The van der Waals surface area contributed by atoms with Crippen molar-refractivity contribution in [3.8, 4) is 23.0 Å². The number of hydrogen-bond acceptors (Lipinski definition) is 10. The second-order valence-electron chi connectivity index (χ2n) is 12.6. The van der Waals surface area contributed by atoms with Crippen molar-refractivity contribution in [3.63, 3.8) is 0 Å². The summed E-state index contributed by atoms with van der Waals surface area (Å²) in [7, 11) is 0.715. The van der Waals surface area contributed by atoms with Crippen molar-refractivity contribution in [1.82, 2.24) is 24.5 Å². The lowest BCUT2D eigenvalue weighted by Crippen LogP contribution is -2.44. The van der Waals surface area contributed by atoms with Crippen LogP contribution in [0.1, 0.15) is 60.1 Å². The van der Waals surface area contributed by atoms with Gasteiger partial charge in [0.2, 0.25) is 0 Å². The Hall–Kier alpha value is -5.72. The average molecular weight is 823 g/mol. The van der Waals surface area contributed by atoms with Crippen LogP contribution < -0.4 is 0 Å². The van der Waals surface area contributed by atoms with Gasteiger partial charge >= 0.3 is 36.4 Å². The molecular formula is C33H27ClF8N6O8. The van der Waals surface area contributed by atoms with E-state index in [4.69, 9.17) is 30.9 Å². The van der Waals surface area contributed by atoms with E-state index in [0.717, 1.165) is 29.4 Å². The number of hydrogen-bond donors (Lipinski definition) is 1. The number of carbonyl (C=O) groups is 4. The summed E-state index contributed by atoms with van der Waals surface area (Å²) in [6, 6.07) is 5.66. The van der Waals surface area contributed by atoms with Gasteiger partial charge in [-0.3, -0.25) is 9.69 Å². The van der Waals surface area contributed by atoms with E-state index in [2.05, 4.69) is 10.2 Å². The van der Waals surface area contributed by atoms with Crippen molar-refractivity contribution in [3.05, 3.63) is 64.6 Å². The Bertz CT molecular complexity index is 2100. The number of aliphatic carboxylic acids is 1. The molecule has 56 heavy (non-hydrogen) atoms. The van der Waals surface area contributed by atoms with Gasteiger partial charge in [-0.1, -0.05) is 17.7 Å². The van der Waals surface area contributed by atoms with Crippen LogP contribution in [-0.4, -0.2) is 84.2 Å². The molecule has 3 aromatic rings. The minimum atomic E-state index is -6.41. The average Bonchev–Trinajstić information content (AvgIpc) is 3.58. The number of benzene rings is 1. The maximum atomic E-state index is 14.2. The Labute approximate surface area is 314 Å². The summed E-state index contributed by atoms with van der Waals surface area (Å²) >= 11 is 6.33. The second kappa shape index (κ2) is 15.4. The molecule has 0 bridgehead atoms. The molecule has 2 fully saturated rings. The summed E-state index contributed by atoms with van der Waals surface area (Å²) in [5.74, 6) is -10.3. The smallest absolute Gasteiger partial charge is 0.478 e. The number of carboxylic acids is 1. The van der Waals surface area contributed by atoms with Gasteiger partial charge in [-0.2, -0.15) is 50.6 Å². The van der Waals surface area contributed by atoms with Gasteiger partial charge in [0.15, 0.2) is 18.2 Å². The molecule has 1 aromatic carbocycles. The zero-order valence-electron chi connectivity index (χ0n) is 28.5. The summed E-state index contributed by atoms with van der Waals surface area (Å²) in [6.45, 7) is -0.780. The number of amides is 1. The predicted octanol–water partition coefficient (Wildman–Crippen LogP) is 6.70. The monoisotopic (exact) mass is 822 g/mol. The molecule has 1 amide bonds. The fourth-order valence-electron chi connectivity index (χ4n) is 5.83. The molecule has 0 unspecified atom stereocenters. The third-order valence-electron chi connectivity index (χ3n) is 8.82. The van der Waals surface area contributed by atoms with E-state index in [0.29, 0.717) is 17.8 Å². The van der Waals surface area contributed by atoms with Crippen molar-refractivity contribution in [1.29, 1.82) is 5.26 Å². The van der Waals surface area contributed by atoms with Gasteiger partial charge in [0, 0.05) is 31.0 Å². The minimum absolute atomic E-state index is 0.0526. The number of nitriles is 1. The van der Waals surface area contributed by atoms with Gasteiger partial charge in [-0.05, 0) is 56.2 Å². The first-order valence-electron chi connectivity index (χ1n) is 16.2. The molecule has 0 atom stereocenters. The normalized spacial score (nSPS) is 18.2. The first-order chi connectivity index (χ1) is 26.1. The summed E-state index contributed by atoms with van der Waals surface area (Å²) in [5, 5.41) is 24.9. The molecular weight excluding hydrogens is 796 g/mol. The molecule has 0 saturated heterocycles. The van der Waals surface area contributed by atoms with Gasteiger partial charge in [0.25, 0.3) is 5.91 Å². The highest BCUT2D eigenvalue weighted by molar-refractivity contribution is 6.34. The van der Waals surface area contributed by atoms with E-state index < -0.39 is 83.8 Å². The number of alkyl halides is 8. The summed E-state index contributed by atoms with van der Waals surface area (Å²) in [4.78, 5) is 49.7. The quantitative estimate of drug-likeness (QED) is 0.0941. The Morgan fingerprint density at radius 1 is 1.02 bits per heavy atom. The molecule has 2 aliphatic carbocycles. The van der Waals surface area contributed by atoms with Crippen LogP contribution in [0.5, 0.6) is 0 Å². The van der Waals surface area contributed by atoms with Crippen molar-refractivity contribution in [2.45, 2.75) is 74.5 Å². The number of aryl methyl sites for hydroxylation is 1. The van der Waals surface area contributed by atoms with Crippen molar-refractivity contribution in [2.75, 3.05) is 6.73 Å². The fourth-order valence-corrected chi connectivity index (χ4v) is 6.03. The molecule has 2 heterocycles. The van der Waals surface area contributed by atoms with E-state index in [9.17, 15) is 59.6 Å². The van der Waals surface area contributed by atoms with Crippen LogP contribution >= 0.6 is 11.6 Å². The highest BCUT2D eigenvalue weighted by Gasteiger charge is 2.64. The number of esters is 1. The van der Waals surface area contributed by atoms with Crippen molar-refractivity contribution in [2.24, 2.45) is 7.05 Å². The molecule has 300 valence electrons. The third-order valence-corrected chi connectivity index (χ3v) is 9.15. The lowest BCUT2D eigenvalue weighted by atomic mass is 9.95. The molecule has 1 N–H and O–H groups in total. The first-order valence-corrected chi connectivity index (χ1v) is 16.6. The van der Waals surface area contributed by atoms with Gasteiger partial charge in [0.05, 0.1) is 22.9 Å². The Kier molecular flexibility index (Phi) is 11.4. The van der Waals surface area contributed by atoms with Crippen LogP contribution in [0.15, 0.2) is 42.7 Å². The summed E-state index contributed by atoms with van der Waals surface area (Å²) in [6.07, 6.45) is -9.95. The predicted molar refractivity (Wildman–Crippen MR) is 171 cm³/mol. The molecule has 2 saturated carbocycles. The van der Waals surface area contributed by atoms with Gasteiger partial charge in [-0.25, -0.2) is 23.7 Å². The van der Waals surface area contributed by atoms with Gasteiger partial charge in [0.1, 0.15) is 23.3 Å². The number of nitrogens with zero attached hydrogens (tertiary/aromatic N) is 6. The molecule has 23 heteroatoms. The molecule has 5 rings (SSSR count). The van der Waals surface area contributed by atoms with Crippen LogP contribution in [0.3, 0.4) is 0 Å². The van der Waals surface area contributed by atoms with Crippen LogP contribution in [0.2, 0.25) is 5.02 Å². The van der Waals surface area contributed by atoms with Crippen LogP contribution in [-0.2, 0) is 42.9 Å². The third kappa shape index (κ3) is 8.72. The number of carbonyl (C=O) groups excluding carboxylic acids is 3. The molecule has 2 aliphatic rings. The zero-order valence-corrected chi connectivity index (χ0v) is 29.3. The zero-order chi connectivity index (χ0) is 41.4. The number of carboxylic acid groups (broad SMARTS) is 1. The Morgan fingerprint density at radius 2 is 1.64 bits per heavy atom.